The van der Waals surface area contributed by atoms with Crippen molar-refractivity contribution in [1.82, 2.24) is 4.98 Å². The molecule has 0 spiro atoms. The predicted octanol–water partition coefficient (Wildman–Crippen LogP) is 5.36. The summed E-state index contributed by atoms with van der Waals surface area (Å²) in [4.78, 5) is 16.6. The summed E-state index contributed by atoms with van der Waals surface area (Å²) in [5, 5.41) is 2.84. The SMILES string of the molecule is Nc1cc(NC(=O)c2ccc3c(c2)Cc2cc(-c4ccc(F)cc4F)ccc2C3)ccn1. The van der Waals surface area contributed by atoms with Crippen LogP contribution in [0.3, 0.4) is 0 Å². The van der Waals surface area contributed by atoms with Crippen molar-refractivity contribution in [2.24, 2.45) is 0 Å². The quantitative estimate of drug-likeness (QED) is 0.408. The number of hydrogen-bond acceptors (Lipinski definition) is 3. The van der Waals surface area contributed by atoms with Gasteiger partial charge in [0, 0.05) is 35.1 Å². The van der Waals surface area contributed by atoms with Crippen LogP contribution < -0.4 is 11.1 Å². The van der Waals surface area contributed by atoms with Gasteiger partial charge < -0.3 is 11.1 Å². The molecule has 0 fully saturated rings. The molecule has 158 valence electrons. The number of halogens is 2. The lowest BCUT2D eigenvalue weighted by Crippen LogP contribution is -2.14. The van der Waals surface area contributed by atoms with E-state index >= 15 is 0 Å². The molecule has 6 heteroatoms. The van der Waals surface area contributed by atoms with E-state index in [0.29, 0.717) is 34.6 Å². The molecule has 4 nitrogen and oxygen atoms in total. The minimum absolute atomic E-state index is 0.230. The maximum Gasteiger partial charge on any atom is 0.255 e. The average Bonchev–Trinajstić information content (AvgIpc) is 2.77. The van der Waals surface area contributed by atoms with E-state index in [2.05, 4.69) is 10.3 Å². The number of aromatic nitrogens is 1. The number of fused-ring (bicyclic) bond motifs is 2. The van der Waals surface area contributed by atoms with Crippen LogP contribution in [-0.2, 0) is 12.8 Å². The molecule has 4 aromatic rings. The highest BCUT2D eigenvalue weighted by molar-refractivity contribution is 6.04. The third kappa shape index (κ3) is 3.83. The summed E-state index contributed by atoms with van der Waals surface area (Å²) in [5.41, 5.74) is 12.3. The Bertz CT molecular complexity index is 1370. The largest absolute Gasteiger partial charge is 0.384 e. The molecule has 0 atom stereocenters. The molecule has 3 aromatic carbocycles. The van der Waals surface area contributed by atoms with E-state index < -0.39 is 11.6 Å². The molecular formula is C26H19F2N3O. The number of nitrogens with two attached hydrogens (primary N) is 1. The summed E-state index contributed by atoms with van der Waals surface area (Å²) < 4.78 is 27.5. The average molecular weight is 427 g/mol. The third-order valence-electron chi connectivity index (χ3n) is 5.72. The molecule has 0 saturated heterocycles. The van der Waals surface area contributed by atoms with E-state index in [1.165, 1.54) is 18.3 Å². The Kier molecular flexibility index (Phi) is 4.90. The minimum atomic E-state index is -0.599. The highest BCUT2D eigenvalue weighted by Crippen LogP contribution is 2.32. The summed E-state index contributed by atoms with van der Waals surface area (Å²) in [5.74, 6) is -1.08. The molecule has 1 aliphatic carbocycles. The molecule has 32 heavy (non-hydrogen) atoms. The maximum atomic E-state index is 14.3. The molecular weight excluding hydrogens is 408 g/mol. The zero-order valence-electron chi connectivity index (χ0n) is 17.0. The Balaban J connectivity index is 1.42. The first kappa shape index (κ1) is 19.9. The van der Waals surface area contributed by atoms with Crippen molar-refractivity contribution < 1.29 is 13.6 Å². The van der Waals surface area contributed by atoms with Crippen molar-refractivity contribution in [3.63, 3.8) is 0 Å². The zero-order chi connectivity index (χ0) is 22.2. The topological polar surface area (TPSA) is 68.0 Å². The fourth-order valence-corrected chi connectivity index (χ4v) is 4.10. The Morgan fingerprint density at radius 3 is 2.38 bits per heavy atom. The van der Waals surface area contributed by atoms with Crippen molar-refractivity contribution in [3.05, 3.63) is 112 Å². The Morgan fingerprint density at radius 1 is 0.844 bits per heavy atom. The van der Waals surface area contributed by atoms with Crippen LogP contribution in [0.5, 0.6) is 0 Å². The highest BCUT2D eigenvalue weighted by atomic mass is 19.1. The van der Waals surface area contributed by atoms with Gasteiger partial charge in [-0.2, -0.15) is 0 Å². The highest BCUT2D eigenvalue weighted by Gasteiger charge is 2.19. The number of nitrogens with zero attached hydrogens (tertiary/aromatic N) is 1. The van der Waals surface area contributed by atoms with E-state index in [4.69, 9.17) is 5.73 Å². The molecule has 0 unspecified atom stereocenters. The van der Waals surface area contributed by atoms with Crippen LogP contribution in [0.2, 0.25) is 0 Å². The molecule has 5 rings (SSSR count). The number of nitrogen functional groups attached to an aromatic ring is 1. The first-order chi connectivity index (χ1) is 15.5. The molecule has 0 aliphatic heterocycles. The van der Waals surface area contributed by atoms with Gasteiger partial charge in [0.25, 0.3) is 5.91 Å². The van der Waals surface area contributed by atoms with Gasteiger partial charge in [-0.05, 0) is 71.0 Å². The molecule has 1 aromatic heterocycles. The number of nitrogens with one attached hydrogen (secondary N) is 1. The number of pyridine rings is 1. The number of rotatable bonds is 3. The summed E-state index contributed by atoms with van der Waals surface area (Å²) in [6.45, 7) is 0. The lowest BCUT2D eigenvalue weighted by atomic mass is 9.83. The van der Waals surface area contributed by atoms with Gasteiger partial charge in [0.1, 0.15) is 17.5 Å². The monoisotopic (exact) mass is 427 g/mol. The first-order valence-electron chi connectivity index (χ1n) is 10.2. The molecule has 0 saturated carbocycles. The van der Waals surface area contributed by atoms with Gasteiger partial charge in [0.2, 0.25) is 0 Å². The number of carbonyl (C=O) groups is 1. The Hall–Kier alpha value is -4.06. The fourth-order valence-electron chi connectivity index (χ4n) is 4.10. The van der Waals surface area contributed by atoms with E-state index in [1.54, 1.807) is 12.1 Å². The van der Waals surface area contributed by atoms with Crippen LogP contribution >= 0.6 is 0 Å². The summed E-state index contributed by atoms with van der Waals surface area (Å²) in [6.07, 6.45) is 2.90. The van der Waals surface area contributed by atoms with Gasteiger partial charge in [-0.25, -0.2) is 13.8 Å². The van der Waals surface area contributed by atoms with Crippen LogP contribution in [0.1, 0.15) is 32.6 Å². The number of anilines is 2. The van der Waals surface area contributed by atoms with Gasteiger partial charge in [0.15, 0.2) is 0 Å². The molecule has 1 heterocycles. The van der Waals surface area contributed by atoms with Crippen molar-refractivity contribution in [3.8, 4) is 11.1 Å². The standard InChI is InChI=1S/C26H19F2N3O/c27-21-5-6-23(24(28)13-21)17-3-1-15-9-16-2-4-18(11-20(16)12-19(15)10-17)26(32)31-22-7-8-30-25(29)14-22/h1-8,10-11,13-14H,9,12H2,(H3,29,30,31,32). The van der Waals surface area contributed by atoms with Crippen molar-refractivity contribution in [2.45, 2.75) is 12.8 Å². The van der Waals surface area contributed by atoms with E-state index in [-0.39, 0.29) is 5.91 Å². The Labute approximate surface area is 183 Å². The molecule has 0 bridgehead atoms. The molecule has 0 radical (unpaired) electrons. The molecule has 1 amide bonds. The number of carbonyl (C=O) groups excluding carboxylic acids is 1. The van der Waals surface area contributed by atoms with Gasteiger partial charge in [0.05, 0.1) is 0 Å². The van der Waals surface area contributed by atoms with Crippen molar-refractivity contribution in [1.29, 1.82) is 0 Å². The van der Waals surface area contributed by atoms with Crippen LogP contribution in [0.4, 0.5) is 20.3 Å². The van der Waals surface area contributed by atoms with Crippen LogP contribution in [0, 0.1) is 11.6 Å². The predicted molar refractivity (Wildman–Crippen MR) is 120 cm³/mol. The summed E-state index contributed by atoms with van der Waals surface area (Å²) in [6, 6.07) is 18.4. The molecule has 1 aliphatic rings. The van der Waals surface area contributed by atoms with Gasteiger partial charge in [-0.15, -0.1) is 0 Å². The second-order valence-corrected chi connectivity index (χ2v) is 7.87. The van der Waals surface area contributed by atoms with Gasteiger partial charge in [-0.3, -0.25) is 4.79 Å². The smallest absolute Gasteiger partial charge is 0.255 e. The number of benzene rings is 3. The van der Waals surface area contributed by atoms with E-state index in [0.717, 1.165) is 34.7 Å². The third-order valence-corrected chi connectivity index (χ3v) is 5.72. The summed E-state index contributed by atoms with van der Waals surface area (Å²) in [7, 11) is 0. The van der Waals surface area contributed by atoms with Crippen LogP contribution in [0.25, 0.3) is 11.1 Å². The van der Waals surface area contributed by atoms with Crippen molar-refractivity contribution >= 4 is 17.4 Å². The van der Waals surface area contributed by atoms with Crippen LogP contribution in [0.15, 0.2) is 72.9 Å². The first-order valence-corrected chi connectivity index (χ1v) is 10.2. The normalized spacial score (nSPS) is 12.1. The fraction of sp³-hybridized carbons (Fsp3) is 0.0769. The second-order valence-electron chi connectivity index (χ2n) is 7.87. The van der Waals surface area contributed by atoms with Gasteiger partial charge >= 0.3 is 0 Å². The van der Waals surface area contributed by atoms with E-state index in [1.807, 2.05) is 36.4 Å². The van der Waals surface area contributed by atoms with E-state index in [9.17, 15) is 13.6 Å². The minimum Gasteiger partial charge on any atom is -0.384 e. The Morgan fingerprint density at radius 2 is 1.59 bits per heavy atom. The number of hydrogen-bond donors (Lipinski definition) is 2. The van der Waals surface area contributed by atoms with Crippen molar-refractivity contribution in [2.75, 3.05) is 11.1 Å². The zero-order valence-corrected chi connectivity index (χ0v) is 17.0. The maximum absolute atomic E-state index is 14.3. The van der Waals surface area contributed by atoms with Gasteiger partial charge in [-0.1, -0.05) is 24.3 Å². The lowest BCUT2D eigenvalue weighted by Gasteiger charge is -2.21. The summed E-state index contributed by atoms with van der Waals surface area (Å²) >= 11 is 0. The second kappa shape index (κ2) is 7.89. The van der Waals surface area contributed by atoms with Crippen LogP contribution in [-0.4, -0.2) is 10.9 Å². The molecule has 3 N–H and O–H groups in total. The lowest BCUT2D eigenvalue weighted by molar-refractivity contribution is 0.102. The number of amides is 1.